The molecule has 0 aliphatic rings. The van der Waals surface area contributed by atoms with Gasteiger partial charge in [0.05, 0.1) is 11.4 Å². The molecule has 3 nitrogen and oxygen atoms in total. The zero-order valence-corrected chi connectivity index (χ0v) is 29.8. The summed E-state index contributed by atoms with van der Waals surface area (Å²) in [5.74, 6) is 0.714. The summed E-state index contributed by atoms with van der Waals surface area (Å²) in [7, 11) is 0. The fourth-order valence-corrected chi connectivity index (χ4v) is 8.88. The van der Waals surface area contributed by atoms with Crippen molar-refractivity contribution < 1.29 is 4.42 Å². The van der Waals surface area contributed by atoms with Gasteiger partial charge in [0.15, 0.2) is 5.82 Å². The van der Waals surface area contributed by atoms with Gasteiger partial charge in [-0.1, -0.05) is 121 Å². The molecule has 0 N–H and O–H groups in total. The van der Waals surface area contributed by atoms with Crippen molar-refractivity contribution >= 4 is 64.2 Å². The van der Waals surface area contributed by atoms with Gasteiger partial charge in [0, 0.05) is 47.6 Å². The smallest absolute Gasteiger partial charge is 0.160 e. The Balaban J connectivity index is 1.04. The molecular formula is C50H30N2OS. The molecular weight excluding hydrogens is 677 g/mol. The van der Waals surface area contributed by atoms with E-state index in [1.807, 2.05) is 23.5 Å². The van der Waals surface area contributed by atoms with Crippen LogP contribution in [0.4, 0.5) is 0 Å². The zero-order chi connectivity index (χ0) is 35.6. The van der Waals surface area contributed by atoms with Crippen molar-refractivity contribution in [3.05, 3.63) is 182 Å². The molecule has 0 amide bonds. The fraction of sp³-hybridized carbons (Fsp3) is 0. The Hall–Kier alpha value is -6.88. The van der Waals surface area contributed by atoms with Gasteiger partial charge < -0.3 is 4.42 Å². The molecule has 54 heavy (non-hydrogen) atoms. The lowest BCUT2D eigenvalue weighted by Gasteiger charge is -2.11. The van der Waals surface area contributed by atoms with Gasteiger partial charge in [0.2, 0.25) is 0 Å². The van der Waals surface area contributed by atoms with E-state index in [2.05, 4.69) is 170 Å². The van der Waals surface area contributed by atoms with Crippen LogP contribution in [0.15, 0.2) is 186 Å². The molecule has 3 aromatic heterocycles. The van der Waals surface area contributed by atoms with Crippen LogP contribution in [-0.2, 0) is 0 Å². The molecule has 3 heterocycles. The first-order valence-electron chi connectivity index (χ1n) is 18.1. The molecule has 0 radical (unpaired) electrons. The minimum atomic E-state index is 0.714. The number of aromatic nitrogens is 2. The summed E-state index contributed by atoms with van der Waals surface area (Å²) in [5.41, 5.74) is 11.3. The van der Waals surface area contributed by atoms with E-state index in [9.17, 15) is 0 Å². The average molecular weight is 707 g/mol. The molecule has 11 aromatic rings. The van der Waals surface area contributed by atoms with Crippen molar-refractivity contribution in [2.24, 2.45) is 0 Å². The van der Waals surface area contributed by atoms with Gasteiger partial charge in [-0.05, 0) is 93.7 Å². The molecule has 0 fully saturated rings. The van der Waals surface area contributed by atoms with Crippen LogP contribution in [0.3, 0.4) is 0 Å². The molecule has 0 spiro atoms. The summed E-state index contributed by atoms with van der Waals surface area (Å²) in [6.07, 6.45) is 0. The summed E-state index contributed by atoms with van der Waals surface area (Å²) in [6, 6.07) is 64.4. The van der Waals surface area contributed by atoms with E-state index in [1.165, 1.54) is 31.1 Å². The molecule has 11 rings (SSSR count). The molecule has 0 aliphatic carbocycles. The molecule has 0 aliphatic heterocycles. The lowest BCUT2D eigenvalue weighted by molar-refractivity contribution is 0.669. The van der Waals surface area contributed by atoms with Crippen molar-refractivity contribution in [1.82, 2.24) is 9.97 Å². The van der Waals surface area contributed by atoms with Crippen LogP contribution in [0, 0.1) is 0 Å². The lowest BCUT2D eigenvalue weighted by atomic mass is 9.95. The number of hydrogen-bond donors (Lipinski definition) is 0. The van der Waals surface area contributed by atoms with E-state index in [-0.39, 0.29) is 0 Å². The Labute approximate surface area is 315 Å². The maximum Gasteiger partial charge on any atom is 0.160 e. The van der Waals surface area contributed by atoms with Crippen LogP contribution in [-0.4, -0.2) is 9.97 Å². The van der Waals surface area contributed by atoms with Crippen LogP contribution in [0.2, 0.25) is 0 Å². The Kier molecular flexibility index (Phi) is 7.04. The van der Waals surface area contributed by atoms with Crippen LogP contribution < -0.4 is 0 Å². The van der Waals surface area contributed by atoms with Crippen molar-refractivity contribution in [2.45, 2.75) is 0 Å². The molecule has 0 atom stereocenters. The standard InChI is InChI=1S/C50H30N2OS/c1-3-10-31(11-4-1)34-22-24-41-46(29-34)53-45-16-9-15-39(49(41)45)35-20-18-32-19-21-36(27-38(32)26-35)44-30-43(33-12-5-2-6-13-33)51-50(52-44)37-23-25-48-42(28-37)40-14-7-8-17-47(40)54-48/h1-30H. The van der Waals surface area contributed by atoms with Crippen LogP contribution in [0.5, 0.6) is 0 Å². The molecule has 0 saturated heterocycles. The minimum absolute atomic E-state index is 0.714. The first-order valence-corrected chi connectivity index (χ1v) is 18.9. The maximum absolute atomic E-state index is 6.46. The molecule has 8 aromatic carbocycles. The number of rotatable bonds is 5. The van der Waals surface area contributed by atoms with Crippen LogP contribution >= 0.6 is 11.3 Å². The molecule has 252 valence electrons. The monoisotopic (exact) mass is 706 g/mol. The summed E-state index contributed by atoms with van der Waals surface area (Å²) >= 11 is 1.82. The Morgan fingerprint density at radius 1 is 0.370 bits per heavy atom. The van der Waals surface area contributed by atoms with Gasteiger partial charge in [0.1, 0.15) is 11.2 Å². The van der Waals surface area contributed by atoms with E-state index in [1.54, 1.807) is 0 Å². The van der Waals surface area contributed by atoms with E-state index in [0.717, 1.165) is 72.1 Å². The topological polar surface area (TPSA) is 38.9 Å². The molecule has 0 bridgehead atoms. The van der Waals surface area contributed by atoms with E-state index < -0.39 is 0 Å². The maximum atomic E-state index is 6.46. The SMILES string of the molecule is c1ccc(-c2ccc3c(c2)oc2cccc(-c4ccc5ccc(-c6cc(-c7ccccc7)nc(-c7ccc8sc9ccccc9c8c7)n6)cc5c4)c23)cc1. The van der Waals surface area contributed by atoms with Crippen molar-refractivity contribution in [2.75, 3.05) is 0 Å². The van der Waals surface area contributed by atoms with Gasteiger partial charge in [-0.25, -0.2) is 9.97 Å². The zero-order valence-electron chi connectivity index (χ0n) is 29.0. The van der Waals surface area contributed by atoms with Crippen molar-refractivity contribution in [3.8, 4) is 56.2 Å². The molecule has 0 unspecified atom stereocenters. The second kappa shape index (κ2) is 12.4. The second-order valence-electron chi connectivity index (χ2n) is 13.8. The third-order valence-electron chi connectivity index (χ3n) is 10.5. The lowest BCUT2D eigenvalue weighted by Crippen LogP contribution is -1.96. The second-order valence-corrected chi connectivity index (χ2v) is 14.9. The Morgan fingerprint density at radius 2 is 1.06 bits per heavy atom. The van der Waals surface area contributed by atoms with Gasteiger partial charge in [-0.3, -0.25) is 0 Å². The first kappa shape index (κ1) is 30.7. The number of furan rings is 1. The summed E-state index contributed by atoms with van der Waals surface area (Å²) in [5, 5.41) is 7.06. The summed E-state index contributed by atoms with van der Waals surface area (Å²) < 4.78 is 9.01. The quantitative estimate of drug-likeness (QED) is 0.179. The third-order valence-corrected chi connectivity index (χ3v) is 11.6. The van der Waals surface area contributed by atoms with Gasteiger partial charge in [-0.15, -0.1) is 11.3 Å². The van der Waals surface area contributed by atoms with Gasteiger partial charge in [0.25, 0.3) is 0 Å². The molecule has 0 saturated carbocycles. The number of fused-ring (bicyclic) bond motifs is 7. The summed E-state index contributed by atoms with van der Waals surface area (Å²) in [6.45, 7) is 0. The normalized spacial score (nSPS) is 11.7. The van der Waals surface area contributed by atoms with Crippen LogP contribution in [0.25, 0.3) is 109 Å². The van der Waals surface area contributed by atoms with Gasteiger partial charge in [-0.2, -0.15) is 0 Å². The van der Waals surface area contributed by atoms with Gasteiger partial charge >= 0.3 is 0 Å². The fourth-order valence-electron chi connectivity index (χ4n) is 7.80. The van der Waals surface area contributed by atoms with Crippen LogP contribution in [0.1, 0.15) is 0 Å². The highest BCUT2D eigenvalue weighted by Crippen LogP contribution is 2.40. The predicted molar refractivity (Wildman–Crippen MR) is 227 cm³/mol. The highest BCUT2D eigenvalue weighted by atomic mass is 32.1. The number of thiophene rings is 1. The largest absolute Gasteiger partial charge is 0.456 e. The highest BCUT2D eigenvalue weighted by molar-refractivity contribution is 7.25. The number of hydrogen-bond acceptors (Lipinski definition) is 4. The molecule has 4 heteroatoms. The van der Waals surface area contributed by atoms with Crippen molar-refractivity contribution in [3.63, 3.8) is 0 Å². The number of nitrogens with zero attached hydrogens (tertiary/aromatic N) is 2. The minimum Gasteiger partial charge on any atom is -0.456 e. The summed E-state index contributed by atoms with van der Waals surface area (Å²) in [4.78, 5) is 10.4. The Bertz CT molecular complexity index is 3220. The Morgan fingerprint density at radius 3 is 1.91 bits per heavy atom. The predicted octanol–water partition coefficient (Wildman–Crippen LogP) is 14.2. The number of benzene rings is 8. The highest BCUT2D eigenvalue weighted by Gasteiger charge is 2.16. The first-order chi connectivity index (χ1) is 26.7. The average Bonchev–Trinajstić information content (AvgIpc) is 3.81. The van der Waals surface area contributed by atoms with E-state index >= 15 is 0 Å². The van der Waals surface area contributed by atoms with Crippen molar-refractivity contribution in [1.29, 1.82) is 0 Å². The third kappa shape index (κ3) is 5.19. The van der Waals surface area contributed by atoms with E-state index in [0.29, 0.717) is 5.82 Å². The van der Waals surface area contributed by atoms with E-state index in [4.69, 9.17) is 14.4 Å².